The van der Waals surface area contributed by atoms with Crippen molar-refractivity contribution in [3.63, 3.8) is 0 Å². The Morgan fingerprint density at radius 1 is 0.966 bits per heavy atom. The van der Waals surface area contributed by atoms with E-state index in [4.69, 9.17) is 0 Å². The first kappa shape index (κ1) is 18.3. The second kappa shape index (κ2) is 7.24. The van der Waals surface area contributed by atoms with E-state index in [9.17, 15) is 14.4 Å². The molecule has 1 aromatic heterocycles. The van der Waals surface area contributed by atoms with Gasteiger partial charge in [0.2, 0.25) is 23.7 Å². The molecule has 152 valence electrons. The topological polar surface area (TPSA) is 86.7 Å². The van der Waals surface area contributed by atoms with Gasteiger partial charge in [-0.05, 0) is 30.7 Å². The lowest BCUT2D eigenvalue weighted by Crippen LogP contribution is -2.49. The summed E-state index contributed by atoms with van der Waals surface area (Å²) >= 11 is 0. The maximum absolute atomic E-state index is 12.7. The molecule has 0 N–H and O–H groups in total. The minimum absolute atomic E-state index is 0.0271. The highest BCUT2D eigenvalue weighted by molar-refractivity contribution is 6.06. The molecule has 2 aliphatic heterocycles. The zero-order valence-electron chi connectivity index (χ0n) is 16.3. The van der Waals surface area contributed by atoms with Crippen LogP contribution in [0.5, 0.6) is 0 Å². The fourth-order valence-corrected chi connectivity index (χ4v) is 5.34. The van der Waals surface area contributed by atoms with Gasteiger partial charge in [0.15, 0.2) is 0 Å². The van der Waals surface area contributed by atoms with E-state index >= 15 is 0 Å². The van der Waals surface area contributed by atoms with Crippen LogP contribution in [0.25, 0.3) is 0 Å². The SMILES string of the molecule is O=C(CCCN1C(=O)[C@@H]2[C@@H](C1=O)[C@H]1C=C[C@H]2C1)N1CCN(c2ncccn2)CC1. The molecule has 0 radical (unpaired) electrons. The number of carbonyl (C=O) groups is 3. The van der Waals surface area contributed by atoms with E-state index in [0.29, 0.717) is 51.5 Å². The van der Waals surface area contributed by atoms with Gasteiger partial charge in [0.05, 0.1) is 11.8 Å². The van der Waals surface area contributed by atoms with E-state index in [1.807, 2.05) is 4.90 Å². The maximum Gasteiger partial charge on any atom is 0.233 e. The number of fused-ring (bicyclic) bond motifs is 5. The molecule has 3 fully saturated rings. The Kier molecular flexibility index (Phi) is 4.56. The smallest absolute Gasteiger partial charge is 0.233 e. The molecule has 3 heterocycles. The number of imide groups is 1. The van der Waals surface area contributed by atoms with Gasteiger partial charge in [-0.2, -0.15) is 0 Å². The minimum Gasteiger partial charge on any atom is -0.339 e. The number of nitrogens with zero attached hydrogens (tertiary/aromatic N) is 5. The Labute approximate surface area is 169 Å². The fraction of sp³-hybridized carbons (Fsp3) is 0.571. The quantitative estimate of drug-likeness (QED) is 0.539. The normalized spacial score (nSPS) is 30.4. The number of carbonyl (C=O) groups excluding carboxylic acids is 3. The molecule has 8 nitrogen and oxygen atoms in total. The van der Waals surface area contributed by atoms with E-state index < -0.39 is 0 Å². The van der Waals surface area contributed by atoms with Gasteiger partial charge in [0.1, 0.15) is 0 Å². The van der Waals surface area contributed by atoms with Crippen LogP contribution in [0.1, 0.15) is 19.3 Å². The zero-order valence-corrected chi connectivity index (χ0v) is 16.3. The lowest BCUT2D eigenvalue weighted by molar-refractivity contribution is -0.141. The molecule has 2 bridgehead atoms. The highest BCUT2D eigenvalue weighted by atomic mass is 16.2. The number of piperazine rings is 1. The summed E-state index contributed by atoms with van der Waals surface area (Å²) < 4.78 is 0. The number of amides is 3. The van der Waals surface area contributed by atoms with Gasteiger partial charge in [-0.25, -0.2) is 9.97 Å². The second-order valence-corrected chi connectivity index (χ2v) is 8.35. The summed E-state index contributed by atoms with van der Waals surface area (Å²) in [5.74, 6) is 0.889. The molecular weight excluding hydrogens is 370 g/mol. The van der Waals surface area contributed by atoms with Gasteiger partial charge in [-0.3, -0.25) is 19.3 Å². The summed E-state index contributed by atoms with van der Waals surface area (Å²) in [6.45, 7) is 3.04. The van der Waals surface area contributed by atoms with Crippen molar-refractivity contribution in [1.29, 1.82) is 0 Å². The highest BCUT2D eigenvalue weighted by Gasteiger charge is 2.58. The summed E-state index contributed by atoms with van der Waals surface area (Å²) in [6, 6.07) is 1.79. The summed E-state index contributed by atoms with van der Waals surface area (Å²) in [4.78, 5) is 51.8. The molecule has 0 unspecified atom stereocenters. The molecule has 1 aromatic rings. The third kappa shape index (κ3) is 3.10. The third-order valence-electron chi connectivity index (χ3n) is 6.80. The Bertz CT molecular complexity index is 819. The van der Waals surface area contributed by atoms with Crippen molar-refractivity contribution in [2.45, 2.75) is 19.3 Å². The van der Waals surface area contributed by atoms with Crippen LogP contribution in [0.3, 0.4) is 0 Å². The van der Waals surface area contributed by atoms with Gasteiger partial charge >= 0.3 is 0 Å². The second-order valence-electron chi connectivity index (χ2n) is 8.35. The van der Waals surface area contributed by atoms with Crippen LogP contribution in [-0.4, -0.2) is 70.2 Å². The third-order valence-corrected chi connectivity index (χ3v) is 6.80. The first-order valence-electron chi connectivity index (χ1n) is 10.5. The van der Waals surface area contributed by atoms with Crippen molar-refractivity contribution in [2.75, 3.05) is 37.6 Å². The van der Waals surface area contributed by atoms with Crippen molar-refractivity contribution in [3.8, 4) is 0 Å². The Morgan fingerprint density at radius 2 is 1.59 bits per heavy atom. The van der Waals surface area contributed by atoms with Crippen LogP contribution in [-0.2, 0) is 14.4 Å². The van der Waals surface area contributed by atoms with E-state index in [1.54, 1.807) is 18.5 Å². The number of anilines is 1. The van der Waals surface area contributed by atoms with Gasteiger partial charge in [0.25, 0.3) is 0 Å². The largest absolute Gasteiger partial charge is 0.339 e. The van der Waals surface area contributed by atoms with E-state index in [2.05, 4.69) is 27.0 Å². The maximum atomic E-state index is 12.7. The van der Waals surface area contributed by atoms with Crippen molar-refractivity contribution < 1.29 is 14.4 Å². The first-order valence-corrected chi connectivity index (χ1v) is 10.5. The summed E-state index contributed by atoms with van der Waals surface area (Å²) in [5.41, 5.74) is 0. The van der Waals surface area contributed by atoms with Crippen LogP contribution < -0.4 is 4.90 Å². The molecule has 2 saturated heterocycles. The van der Waals surface area contributed by atoms with Gasteiger partial charge in [-0.1, -0.05) is 12.2 Å². The van der Waals surface area contributed by atoms with Gasteiger partial charge in [-0.15, -0.1) is 0 Å². The zero-order chi connectivity index (χ0) is 20.0. The van der Waals surface area contributed by atoms with Crippen LogP contribution >= 0.6 is 0 Å². The van der Waals surface area contributed by atoms with Crippen molar-refractivity contribution >= 4 is 23.7 Å². The molecule has 0 aromatic carbocycles. The summed E-state index contributed by atoms with van der Waals surface area (Å²) in [6.07, 6.45) is 9.47. The predicted octanol–water partition coefficient (Wildman–Crippen LogP) is 0.712. The van der Waals surface area contributed by atoms with Crippen LogP contribution in [0.15, 0.2) is 30.6 Å². The number of allylic oxidation sites excluding steroid dienone is 2. The molecule has 2 aliphatic carbocycles. The van der Waals surface area contributed by atoms with Crippen LogP contribution in [0, 0.1) is 23.7 Å². The van der Waals surface area contributed by atoms with Gasteiger partial charge < -0.3 is 9.80 Å². The first-order chi connectivity index (χ1) is 14.1. The molecule has 8 heteroatoms. The predicted molar refractivity (Wildman–Crippen MR) is 104 cm³/mol. The molecule has 4 aliphatic rings. The van der Waals surface area contributed by atoms with E-state index in [1.165, 1.54) is 4.90 Å². The number of hydrogen-bond acceptors (Lipinski definition) is 6. The summed E-state index contributed by atoms with van der Waals surface area (Å²) in [5, 5.41) is 0. The lowest BCUT2D eigenvalue weighted by atomic mass is 9.85. The molecule has 29 heavy (non-hydrogen) atoms. The van der Waals surface area contributed by atoms with E-state index in [0.717, 1.165) is 6.42 Å². The van der Waals surface area contributed by atoms with Crippen molar-refractivity contribution in [3.05, 3.63) is 30.6 Å². The standard InChI is InChI=1S/C21H25N5O3/c27-16(24-9-11-25(12-10-24)21-22-6-2-7-23-21)3-1-8-26-19(28)17-14-4-5-15(13-14)18(17)20(26)29/h2,4-7,14-15,17-18H,1,3,8-13H2/t14-,15-,17-,18-/m0/s1. The molecule has 1 saturated carbocycles. The average Bonchev–Trinajstić information content (AvgIpc) is 3.44. The molecule has 5 rings (SSSR count). The van der Waals surface area contributed by atoms with Crippen LogP contribution in [0.4, 0.5) is 5.95 Å². The number of rotatable bonds is 5. The average molecular weight is 395 g/mol. The molecule has 4 atom stereocenters. The van der Waals surface area contributed by atoms with Crippen molar-refractivity contribution in [1.82, 2.24) is 19.8 Å². The Balaban J connectivity index is 1.09. The minimum atomic E-state index is -0.151. The monoisotopic (exact) mass is 395 g/mol. The number of hydrogen-bond donors (Lipinski definition) is 0. The summed E-state index contributed by atoms with van der Waals surface area (Å²) in [7, 11) is 0. The van der Waals surface area contributed by atoms with Crippen molar-refractivity contribution in [2.24, 2.45) is 23.7 Å². The fourth-order valence-electron chi connectivity index (χ4n) is 5.34. The molecule has 0 spiro atoms. The van der Waals surface area contributed by atoms with Crippen LogP contribution in [0.2, 0.25) is 0 Å². The van der Waals surface area contributed by atoms with E-state index in [-0.39, 0.29) is 41.4 Å². The Morgan fingerprint density at radius 3 is 2.21 bits per heavy atom. The number of aromatic nitrogens is 2. The highest BCUT2D eigenvalue weighted by Crippen LogP contribution is 2.52. The number of likely N-dealkylation sites (tertiary alicyclic amines) is 1. The lowest BCUT2D eigenvalue weighted by Gasteiger charge is -2.34. The molecule has 3 amide bonds. The van der Waals surface area contributed by atoms with Gasteiger partial charge in [0, 0.05) is 51.5 Å². The molecular formula is C21H25N5O3. The Hall–Kier alpha value is -2.77.